The molecule has 5 nitrogen and oxygen atoms in total. The minimum Gasteiger partial charge on any atom is -0.337 e. The van der Waals surface area contributed by atoms with Crippen LogP contribution in [0.2, 0.25) is 0 Å². The van der Waals surface area contributed by atoms with E-state index in [1.807, 2.05) is 19.9 Å². The van der Waals surface area contributed by atoms with Crippen LogP contribution in [0.5, 0.6) is 0 Å². The minimum absolute atomic E-state index is 0.0178. The highest BCUT2D eigenvalue weighted by Gasteiger charge is 2.16. The topological polar surface area (TPSA) is 69.0 Å². The molecule has 0 saturated heterocycles. The number of nitrogens with zero attached hydrogens (tertiary/aromatic N) is 3. The molecule has 0 fully saturated rings. The molecule has 21 heavy (non-hydrogen) atoms. The number of hydrogen-bond acceptors (Lipinski definition) is 5. The summed E-state index contributed by atoms with van der Waals surface area (Å²) in [5.41, 5.74) is 0.949. The first-order chi connectivity index (χ1) is 10.0. The molecule has 0 bridgehead atoms. The number of aromatic nitrogens is 1. The monoisotopic (exact) mass is 302 g/mol. The van der Waals surface area contributed by atoms with E-state index in [0.29, 0.717) is 18.2 Å². The Morgan fingerprint density at radius 3 is 2.48 bits per heavy atom. The van der Waals surface area contributed by atoms with Crippen molar-refractivity contribution in [2.75, 3.05) is 18.4 Å². The van der Waals surface area contributed by atoms with Crippen LogP contribution >= 0.6 is 11.3 Å². The molecule has 0 aromatic carbocycles. The second-order valence-corrected chi connectivity index (χ2v) is 5.47. The normalized spacial score (nSPS) is 10.6. The third-order valence-corrected chi connectivity index (χ3v) is 3.71. The lowest BCUT2D eigenvalue weighted by Crippen LogP contribution is -2.32. The van der Waals surface area contributed by atoms with Crippen molar-refractivity contribution < 1.29 is 4.79 Å². The molecule has 1 aromatic heterocycles. The Balaban J connectivity index is 2.87. The third kappa shape index (κ3) is 4.58. The Morgan fingerprint density at radius 2 is 2.05 bits per heavy atom. The smallest absolute Gasteiger partial charge is 0.266 e. The van der Waals surface area contributed by atoms with Gasteiger partial charge < -0.3 is 10.2 Å². The fourth-order valence-electron chi connectivity index (χ4n) is 1.53. The van der Waals surface area contributed by atoms with Gasteiger partial charge in [-0.1, -0.05) is 12.2 Å². The van der Waals surface area contributed by atoms with Crippen molar-refractivity contribution in [1.29, 1.82) is 5.26 Å². The van der Waals surface area contributed by atoms with E-state index in [1.165, 1.54) is 22.4 Å². The zero-order valence-corrected chi connectivity index (χ0v) is 13.0. The SMILES string of the molecule is C=CCN(CC=C)C(=O)/C(C#N)=C\Nc1nc(C)c(C)s1. The van der Waals surface area contributed by atoms with Crippen LogP contribution in [0.3, 0.4) is 0 Å². The third-order valence-electron chi connectivity index (χ3n) is 2.71. The molecule has 0 atom stereocenters. The van der Waals surface area contributed by atoms with Gasteiger partial charge in [-0.05, 0) is 13.8 Å². The Kier molecular flexibility index (Phi) is 6.37. The first kappa shape index (κ1) is 16.7. The average Bonchev–Trinajstić information content (AvgIpc) is 2.78. The highest BCUT2D eigenvalue weighted by atomic mass is 32.1. The number of carbonyl (C=O) groups is 1. The number of anilines is 1. The number of thiazole rings is 1. The summed E-state index contributed by atoms with van der Waals surface area (Å²) >= 11 is 1.47. The highest BCUT2D eigenvalue weighted by molar-refractivity contribution is 7.15. The summed E-state index contributed by atoms with van der Waals surface area (Å²) in [6.45, 7) is 11.8. The van der Waals surface area contributed by atoms with Gasteiger partial charge in [0.05, 0.1) is 5.69 Å². The number of aryl methyl sites for hydroxylation is 2. The van der Waals surface area contributed by atoms with E-state index in [1.54, 1.807) is 12.2 Å². The molecule has 0 saturated carbocycles. The van der Waals surface area contributed by atoms with Gasteiger partial charge in [-0.3, -0.25) is 4.79 Å². The van der Waals surface area contributed by atoms with E-state index in [9.17, 15) is 4.79 Å². The Hall–Kier alpha value is -2.39. The molecule has 0 aliphatic heterocycles. The molecular formula is C15H18N4OS. The van der Waals surface area contributed by atoms with Crippen molar-refractivity contribution in [3.05, 3.63) is 47.7 Å². The molecule has 1 N–H and O–H groups in total. The summed E-state index contributed by atoms with van der Waals surface area (Å²) in [5.74, 6) is -0.366. The second-order valence-electron chi connectivity index (χ2n) is 4.26. The number of nitriles is 1. The van der Waals surface area contributed by atoms with Crippen molar-refractivity contribution in [3.8, 4) is 6.07 Å². The zero-order valence-electron chi connectivity index (χ0n) is 12.2. The fraction of sp³-hybridized carbons (Fsp3) is 0.267. The molecule has 0 aliphatic rings. The molecule has 0 spiro atoms. The number of amides is 1. The largest absolute Gasteiger partial charge is 0.337 e. The maximum Gasteiger partial charge on any atom is 0.266 e. The number of hydrogen-bond donors (Lipinski definition) is 1. The van der Waals surface area contributed by atoms with Gasteiger partial charge in [0.1, 0.15) is 11.6 Å². The molecule has 1 rings (SSSR count). The van der Waals surface area contributed by atoms with Gasteiger partial charge in [-0.25, -0.2) is 4.98 Å². The number of rotatable bonds is 7. The lowest BCUT2D eigenvalue weighted by atomic mass is 10.2. The van der Waals surface area contributed by atoms with E-state index >= 15 is 0 Å². The van der Waals surface area contributed by atoms with Crippen LogP contribution in [0.15, 0.2) is 37.1 Å². The van der Waals surface area contributed by atoms with Crippen LogP contribution in [-0.2, 0) is 4.79 Å². The summed E-state index contributed by atoms with van der Waals surface area (Å²) in [6, 6.07) is 1.91. The summed E-state index contributed by atoms with van der Waals surface area (Å²) < 4.78 is 0. The maximum absolute atomic E-state index is 12.2. The van der Waals surface area contributed by atoms with Crippen molar-refractivity contribution >= 4 is 22.4 Å². The van der Waals surface area contributed by atoms with E-state index in [-0.39, 0.29) is 11.5 Å². The van der Waals surface area contributed by atoms with Gasteiger partial charge in [0, 0.05) is 24.2 Å². The van der Waals surface area contributed by atoms with E-state index in [2.05, 4.69) is 23.5 Å². The van der Waals surface area contributed by atoms with Crippen LogP contribution in [0.4, 0.5) is 5.13 Å². The van der Waals surface area contributed by atoms with Gasteiger partial charge in [-0.15, -0.1) is 24.5 Å². The quantitative estimate of drug-likeness (QED) is 0.478. The molecule has 1 aromatic rings. The molecule has 0 unspecified atom stereocenters. The van der Waals surface area contributed by atoms with Gasteiger partial charge in [-0.2, -0.15) is 5.26 Å². The van der Waals surface area contributed by atoms with Gasteiger partial charge in [0.25, 0.3) is 5.91 Å². The number of carbonyl (C=O) groups excluding carboxylic acids is 1. The Bertz CT molecular complexity index is 580. The summed E-state index contributed by atoms with van der Waals surface area (Å²) in [5, 5.41) is 12.7. The van der Waals surface area contributed by atoms with Crippen LogP contribution in [-0.4, -0.2) is 28.9 Å². The van der Waals surface area contributed by atoms with Gasteiger partial charge in [0.2, 0.25) is 0 Å². The van der Waals surface area contributed by atoms with Gasteiger partial charge >= 0.3 is 0 Å². The fourth-order valence-corrected chi connectivity index (χ4v) is 2.32. The average molecular weight is 302 g/mol. The van der Waals surface area contributed by atoms with E-state index < -0.39 is 0 Å². The standard InChI is InChI=1S/C15H18N4OS/c1-5-7-19(8-6-2)14(20)13(9-16)10-17-15-18-11(3)12(4)21-15/h5-6,10H,1-2,7-8H2,3-4H3,(H,17,18)/b13-10-. The summed E-state index contributed by atoms with van der Waals surface area (Å²) in [6.07, 6.45) is 4.61. The Morgan fingerprint density at radius 1 is 1.43 bits per heavy atom. The molecule has 1 amide bonds. The van der Waals surface area contributed by atoms with E-state index in [4.69, 9.17) is 5.26 Å². The molecule has 6 heteroatoms. The first-order valence-electron chi connectivity index (χ1n) is 6.35. The van der Waals surface area contributed by atoms with Crippen LogP contribution < -0.4 is 5.32 Å². The first-order valence-corrected chi connectivity index (χ1v) is 7.17. The molecule has 0 radical (unpaired) electrons. The predicted octanol–water partition coefficient (Wildman–Crippen LogP) is 2.78. The van der Waals surface area contributed by atoms with Gasteiger partial charge in [0.15, 0.2) is 5.13 Å². The van der Waals surface area contributed by atoms with E-state index in [0.717, 1.165) is 10.6 Å². The van der Waals surface area contributed by atoms with Crippen molar-refractivity contribution in [1.82, 2.24) is 9.88 Å². The minimum atomic E-state index is -0.366. The molecule has 0 aliphatic carbocycles. The lowest BCUT2D eigenvalue weighted by Gasteiger charge is -2.18. The summed E-state index contributed by atoms with van der Waals surface area (Å²) in [7, 11) is 0. The zero-order chi connectivity index (χ0) is 15.8. The summed E-state index contributed by atoms with van der Waals surface area (Å²) in [4.78, 5) is 19.1. The lowest BCUT2D eigenvalue weighted by molar-refractivity contribution is -0.125. The van der Waals surface area contributed by atoms with Crippen LogP contribution in [0.1, 0.15) is 10.6 Å². The van der Waals surface area contributed by atoms with Crippen molar-refractivity contribution in [2.24, 2.45) is 0 Å². The second kappa shape index (κ2) is 8.02. The number of nitrogens with one attached hydrogen (secondary N) is 1. The highest BCUT2D eigenvalue weighted by Crippen LogP contribution is 2.21. The Labute approximate surface area is 128 Å². The molecular weight excluding hydrogens is 284 g/mol. The van der Waals surface area contributed by atoms with Crippen molar-refractivity contribution in [3.63, 3.8) is 0 Å². The predicted molar refractivity (Wildman–Crippen MR) is 85.9 cm³/mol. The maximum atomic E-state index is 12.2. The molecule has 1 heterocycles. The van der Waals surface area contributed by atoms with Crippen LogP contribution in [0, 0.1) is 25.2 Å². The van der Waals surface area contributed by atoms with Crippen LogP contribution in [0.25, 0.3) is 0 Å². The molecule has 110 valence electrons. The van der Waals surface area contributed by atoms with Crippen molar-refractivity contribution in [2.45, 2.75) is 13.8 Å².